The highest BCUT2D eigenvalue weighted by Gasteiger charge is 2.08. The number of halogens is 3. The van der Waals surface area contributed by atoms with Crippen LogP contribution < -0.4 is 5.32 Å². The molecule has 0 fully saturated rings. The van der Waals surface area contributed by atoms with Crippen molar-refractivity contribution in [3.05, 3.63) is 68.1 Å². The highest BCUT2D eigenvalue weighted by atomic mass is 79.9. The molecule has 0 spiro atoms. The molecule has 0 bridgehead atoms. The molecular formula is C15H14BrCl2N. The Kier molecular flexibility index (Phi) is 5.28. The quantitative estimate of drug-likeness (QED) is 0.749. The summed E-state index contributed by atoms with van der Waals surface area (Å²) in [5, 5.41) is 4.96. The number of benzene rings is 2. The predicted octanol–water partition coefficient (Wildman–Crippen LogP) is 5.61. The van der Waals surface area contributed by atoms with Gasteiger partial charge in [-0.05, 0) is 52.2 Å². The third-order valence-electron chi connectivity index (χ3n) is 2.97. The van der Waals surface area contributed by atoms with Crippen molar-refractivity contribution in [3.63, 3.8) is 0 Å². The van der Waals surface area contributed by atoms with E-state index in [4.69, 9.17) is 23.2 Å². The van der Waals surface area contributed by atoms with Crippen LogP contribution in [0.25, 0.3) is 0 Å². The van der Waals surface area contributed by atoms with E-state index in [0.29, 0.717) is 0 Å². The molecule has 0 saturated heterocycles. The van der Waals surface area contributed by atoms with Crippen LogP contribution in [-0.2, 0) is 6.54 Å². The van der Waals surface area contributed by atoms with Crippen molar-refractivity contribution in [1.82, 2.24) is 5.32 Å². The molecule has 0 aliphatic carbocycles. The second-order valence-electron chi connectivity index (χ2n) is 4.37. The zero-order valence-corrected chi connectivity index (χ0v) is 13.6. The van der Waals surface area contributed by atoms with Gasteiger partial charge in [-0.3, -0.25) is 0 Å². The average molecular weight is 359 g/mol. The third kappa shape index (κ3) is 3.96. The van der Waals surface area contributed by atoms with Gasteiger partial charge in [-0.25, -0.2) is 0 Å². The van der Waals surface area contributed by atoms with Gasteiger partial charge in [0.25, 0.3) is 0 Å². The maximum Gasteiger partial charge on any atom is 0.0551 e. The summed E-state index contributed by atoms with van der Waals surface area (Å²) in [6.07, 6.45) is 0. The molecule has 0 radical (unpaired) electrons. The topological polar surface area (TPSA) is 12.0 Å². The van der Waals surface area contributed by atoms with Crippen LogP contribution in [0.1, 0.15) is 24.1 Å². The molecule has 2 aromatic rings. The fourth-order valence-corrected chi connectivity index (χ4v) is 2.61. The number of nitrogens with one attached hydrogen (secondary N) is 1. The molecule has 0 aliphatic heterocycles. The minimum absolute atomic E-state index is 0.191. The molecule has 1 nitrogen and oxygen atoms in total. The zero-order chi connectivity index (χ0) is 13.8. The molecular weight excluding hydrogens is 345 g/mol. The fourth-order valence-electron chi connectivity index (χ4n) is 1.86. The second kappa shape index (κ2) is 6.76. The molecule has 1 atom stereocenters. The lowest BCUT2D eigenvalue weighted by Crippen LogP contribution is -2.18. The Morgan fingerprint density at radius 1 is 1.11 bits per heavy atom. The second-order valence-corrected chi connectivity index (χ2v) is 6.04. The molecule has 100 valence electrons. The standard InChI is InChI=1S/C15H14BrCl2N/c1-10(12-4-2-3-5-14(12)17)19-9-11-6-7-13(16)15(18)8-11/h2-8,10,19H,9H2,1H3. The Hall–Kier alpha value is -0.540. The van der Waals surface area contributed by atoms with Gasteiger partial charge in [0, 0.05) is 22.1 Å². The summed E-state index contributed by atoms with van der Waals surface area (Å²) in [5.41, 5.74) is 2.25. The van der Waals surface area contributed by atoms with Gasteiger partial charge in [-0.1, -0.05) is 47.5 Å². The van der Waals surface area contributed by atoms with Crippen LogP contribution in [0.15, 0.2) is 46.9 Å². The summed E-state index contributed by atoms with van der Waals surface area (Å²) in [6, 6.07) is 14.0. The van der Waals surface area contributed by atoms with Crippen molar-refractivity contribution in [3.8, 4) is 0 Å². The van der Waals surface area contributed by atoms with Gasteiger partial charge in [-0.2, -0.15) is 0 Å². The van der Waals surface area contributed by atoms with Gasteiger partial charge in [0.1, 0.15) is 0 Å². The molecule has 1 N–H and O–H groups in total. The van der Waals surface area contributed by atoms with Crippen molar-refractivity contribution in [1.29, 1.82) is 0 Å². The van der Waals surface area contributed by atoms with Crippen LogP contribution in [0.5, 0.6) is 0 Å². The molecule has 19 heavy (non-hydrogen) atoms. The molecule has 4 heteroatoms. The monoisotopic (exact) mass is 357 g/mol. The van der Waals surface area contributed by atoms with Crippen molar-refractivity contribution in [2.45, 2.75) is 19.5 Å². The molecule has 0 aromatic heterocycles. The highest BCUT2D eigenvalue weighted by molar-refractivity contribution is 9.10. The van der Waals surface area contributed by atoms with Crippen LogP contribution in [0.2, 0.25) is 10.0 Å². The lowest BCUT2D eigenvalue weighted by atomic mass is 10.1. The van der Waals surface area contributed by atoms with E-state index in [1.165, 1.54) is 0 Å². The highest BCUT2D eigenvalue weighted by Crippen LogP contribution is 2.25. The van der Waals surface area contributed by atoms with Crippen molar-refractivity contribution in [2.24, 2.45) is 0 Å². The van der Waals surface area contributed by atoms with Gasteiger partial charge >= 0.3 is 0 Å². The van der Waals surface area contributed by atoms with Gasteiger partial charge in [0.2, 0.25) is 0 Å². The molecule has 2 aromatic carbocycles. The summed E-state index contributed by atoms with van der Waals surface area (Å²) in [5.74, 6) is 0. The van der Waals surface area contributed by atoms with E-state index in [9.17, 15) is 0 Å². The maximum atomic E-state index is 6.18. The molecule has 1 unspecified atom stereocenters. The predicted molar refractivity (Wildman–Crippen MR) is 85.9 cm³/mol. The van der Waals surface area contributed by atoms with Crippen LogP contribution in [0.3, 0.4) is 0 Å². The third-order valence-corrected chi connectivity index (χ3v) is 4.54. The Labute approximate surface area is 132 Å². The largest absolute Gasteiger partial charge is 0.306 e. The van der Waals surface area contributed by atoms with Gasteiger partial charge in [0.15, 0.2) is 0 Å². The van der Waals surface area contributed by atoms with Crippen molar-refractivity contribution in [2.75, 3.05) is 0 Å². The first kappa shape index (κ1) is 14.9. The zero-order valence-electron chi connectivity index (χ0n) is 10.5. The van der Waals surface area contributed by atoms with Gasteiger partial charge < -0.3 is 5.32 Å². The lowest BCUT2D eigenvalue weighted by molar-refractivity contribution is 0.575. The van der Waals surface area contributed by atoms with Gasteiger partial charge in [-0.15, -0.1) is 0 Å². The number of rotatable bonds is 4. The van der Waals surface area contributed by atoms with Crippen LogP contribution >= 0.6 is 39.1 Å². The minimum atomic E-state index is 0.191. The minimum Gasteiger partial charge on any atom is -0.306 e. The van der Waals surface area contributed by atoms with E-state index >= 15 is 0 Å². The summed E-state index contributed by atoms with van der Waals surface area (Å²) >= 11 is 15.6. The Bertz CT molecular complexity index is 572. The summed E-state index contributed by atoms with van der Waals surface area (Å²) in [6.45, 7) is 2.85. The van der Waals surface area contributed by atoms with E-state index in [1.807, 2.05) is 42.5 Å². The first-order chi connectivity index (χ1) is 9.08. The maximum absolute atomic E-state index is 6.18. The lowest BCUT2D eigenvalue weighted by Gasteiger charge is -2.16. The van der Waals surface area contributed by atoms with Crippen LogP contribution in [0, 0.1) is 0 Å². The molecule has 0 aliphatic rings. The van der Waals surface area contributed by atoms with E-state index in [2.05, 4.69) is 28.2 Å². The summed E-state index contributed by atoms with van der Waals surface area (Å²) in [4.78, 5) is 0. The van der Waals surface area contributed by atoms with Crippen molar-refractivity contribution >= 4 is 39.1 Å². The van der Waals surface area contributed by atoms with Crippen LogP contribution in [-0.4, -0.2) is 0 Å². The smallest absolute Gasteiger partial charge is 0.0551 e. The SMILES string of the molecule is CC(NCc1ccc(Br)c(Cl)c1)c1ccccc1Cl. The normalized spacial score (nSPS) is 12.4. The number of hydrogen-bond acceptors (Lipinski definition) is 1. The van der Waals surface area contributed by atoms with Gasteiger partial charge in [0.05, 0.1) is 5.02 Å². The van der Waals surface area contributed by atoms with E-state index in [-0.39, 0.29) is 6.04 Å². The first-order valence-electron chi connectivity index (χ1n) is 5.99. The molecule has 0 amide bonds. The summed E-state index contributed by atoms with van der Waals surface area (Å²) in [7, 11) is 0. The first-order valence-corrected chi connectivity index (χ1v) is 7.54. The number of hydrogen-bond donors (Lipinski definition) is 1. The Morgan fingerprint density at radius 2 is 1.84 bits per heavy atom. The average Bonchev–Trinajstić information content (AvgIpc) is 2.40. The van der Waals surface area contributed by atoms with Crippen molar-refractivity contribution < 1.29 is 0 Å². The molecule has 0 heterocycles. The fraction of sp³-hybridized carbons (Fsp3) is 0.200. The molecule has 0 saturated carbocycles. The Balaban J connectivity index is 2.02. The van der Waals surface area contributed by atoms with E-state index in [1.54, 1.807) is 0 Å². The summed E-state index contributed by atoms with van der Waals surface area (Å²) < 4.78 is 0.914. The van der Waals surface area contributed by atoms with Crippen LogP contribution in [0.4, 0.5) is 0 Å². The van der Waals surface area contributed by atoms with E-state index in [0.717, 1.165) is 32.2 Å². The van der Waals surface area contributed by atoms with E-state index < -0.39 is 0 Å². The molecule has 2 rings (SSSR count). The Morgan fingerprint density at radius 3 is 2.53 bits per heavy atom.